The van der Waals surface area contributed by atoms with Crippen molar-refractivity contribution < 1.29 is 17.7 Å². The zero-order chi connectivity index (χ0) is 14.0. The highest BCUT2D eigenvalue weighted by Crippen LogP contribution is 2.26. The Labute approximate surface area is 110 Å². The monoisotopic (exact) mass is 267 g/mol. The van der Waals surface area contributed by atoms with E-state index in [1.807, 2.05) is 6.92 Å². The Morgan fingerprint density at radius 1 is 1.11 bits per heavy atom. The van der Waals surface area contributed by atoms with Crippen molar-refractivity contribution in [3.05, 3.63) is 36.4 Å². The third-order valence-corrected chi connectivity index (χ3v) is 3.16. The van der Waals surface area contributed by atoms with E-state index in [1.165, 1.54) is 12.1 Å². The van der Waals surface area contributed by atoms with Crippen molar-refractivity contribution >= 4 is 23.2 Å². The van der Waals surface area contributed by atoms with E-state index in [9.17, 15) is 12.9 Å². The van der Waals surface area contributed by atoms with E-state index in [-0.39, 0.29) is 17.2 Å². The molecule has 2 rings (SSSR count). The van der Waals surface area contributed by atoms with Crippen LogP contribution in [0.2, 0.25) is 0 Å². The molecule has 0 aliphatic heterocycles. The van der Waals surface area contributed by atoms with Gasteiger partial charge in [-0.1, -0.05) is 42.7 Å². The third kappa shape index (κ3) is 2.86. The number of hydrogen-bond donors (Lipinski definition) is 0. The van der Waals surface area contributed by atoms with Gasteiger partial charge in [0.05, 0.1) is 11.9 Å². The number of hydrogen-bond acceptors (Lipinski definition) is 1. The van der Waals surface area contributed by atoms with Crippen molar-refractivity contribution in [3.63, 3.8) is 0 Å². The topological polar surface area (TPSA) is 9.23 Å². The van der Waals surface area contributed by atoms with Crippen molar-refractivity contribution in [3.8, 4) is 5.75 Å². The molecule has 0 amide bonds. The second-order valence-electron chi connectivity index (χ2n) is 4.61. The number of rotatable bonds is 4. The molecule has 0 bridgehead atoms. The minimum absolute atomic E-state index is 0.0689. The maximum Gasteiger partial charge on any atom is 0.513 e. The van der Waals surface area contributed by atoms with E-state index in [2.05, 4.69) is 0 Å². The molecule has 0 fully saturated rings. The van der Waals surface area contributed by atoms with Crippen LogP contribution in [0.15, 0.2) is 36.4 Å². The quantitative estimate of drug-likeness (QED) is 0.758. The zero-order valence-electron chi connectivity index (χ0n) is 10.9. The predicted molar refractivity (Wildman–Crippen MR) is 73.0 cm³/mol. The van der Waals surface area contributed by atoms with Crippen LogP contribution >= 0.6 is 0 Å². The van der Waals surface area contributed by atoms with Crippen LogP contribution < -0.4 is 10.2 Å². The van der Waals surface area contributed by atoms with Gasteiger partial charge in [0.25, 0.3) is 0 Å². The van der Waals surface area contributed by atoms with Gasteiger partial charge in [-0.3, -0.25) is 0 Å². The smallest absolute Gasteiger partial charge is 0.494 e. The SMILES string of the molecule is CCC(C)Oc1ccc2ccccc2c1[B-](F)(F)F. The van der Waals surface area contributed by atoms with Gasteiger partial charge in [0.2, 0.25) is 0 Å². The van der Waals surface area contributed by atoms with Crippen LogP contribution in [-0.2, 0) is 0 Å². The lowest BCUT2D eigenvalue weighted by Gasteiger charge is -2.24. The summed E-state index contributed by atoms with van der Waals surface area (Å²) in [6.45, 7) is -1.47. The second kappa shape index (κ2) is 5.15. The van der Waals surface area contributed by atoms with Gasteiger partial charge in [0.1, 0.15) is 0 Å². The van der Waals surface area contributed by atoms with Gasteiger partial charge in [-0.25, -0.2) is 0 Å². The maximum atomic E-state index is 13.3. The Hall–Kier alpha value is -1.65. The Morgan fingerprint density at radius 2 is 1.79 bits per heavy atom. The average molecular weight is 267 g/mol. The van der Waals surface area contributed by atoms with E-state index in [1.54, 1.807) is 31.2 Å². The highest BCUT2D eigenvalue weighted by Gasteiger charge is 2.31. The summed E-state index contributed by atoms with van der Waals surface area (Å²) in [5, 5.41) is 0.781. The van der Waals surface area contributed by atoms with Crippen molar-refractivity contribution in [1.82, 2.24) is 0 Å². The Balaban J connectivity index is 2.63. The van der Waals surface area contributed by atoms with Crippen LogP contribution in [0.1, 0.15) is 20.3 Å². The number of halogens is 3. The largest absolute Gasteiger partial charge is 0.513 e. The summed E-state index contributed by atoms with van der Waals surface area (Å²) in [5.74, 6) is -0.0689. The molecule has 1 atom stereocenters. The van der Waals surface area contributed by atoms with E-state index in [4.69, 9.17) is 4.74 Å². The summed E-state index contributed by atoms with van der Waals surface area (Å²) in [4.78, 5) is 0. The molecule has 2 aromatic carbocycles. The van der Waals surface area contributed by atoms with Gasteiger partial charge in [0, 0.05) is 0 Å². The molecule has 102 valence electrons. The number of fused-ring (bicyclic) bond motifs is 1. The number of ether oxygens (including phenoxy) is 1. The van der Waals surface area contributed by atoms with Crippen molar-refractivity contribution in [2.24, 2.45) is 0 Å². The average Bonchev–Trinajstić information content (AvgIpc) is 2.36. The van der Waals surface area contributed by atoms with Crippen LogP contribution in [0, 0.1) is 0 Å². The molecule has 0 spiro atoms. The van der Waals surface area contributed by atoms with Crippen molar-refractivity contribution in [2.75, 3.05) is 0 Å². The zero-order valence-corrected chi connectivity index (χ0v) is 10.9. The van der Waals surface area contributed by atoms with E-state index in [0.717, 1.165) is 0 Å². The highest BCUT2D eigenvalue weighted by molar-refractivity contribution is 6.76. The second-order valence-corrected chi connectivity index (χ2v) is 4.61. The van der Waals surface area contributed by atoms with Crippen LogP contribution in [-0.4, -0.2) is 13.1 Å². The molecule has 0 N–H and O–H groups in total. The Bertz CT molecular complexity index is 580. The molecule has 0 heterocycles. The summed E-state index contributed by atoms with van der Waals surface area (Å²) in [5.41, 5.74) is -0.626. The fourth-order valence-corrected chi connectivity index (χ4v) is 2.02. The lowest BCUT2D eigenvalue weighted by atomic mass is 9.76. The van der Waals surface area contributed by atoms with Crippen LogP contribution in [0.4, 0.5) is 12.9 Å². The summed E-state index contributed by atoms with van der Waals surface area (Å²) in [6.07, 6.45) is 0.426. The van der Waals surface area contributed by atoms with Gasteiger partial charge in [-0.15, -0.1) is 0 Å². The van der Waals surface area contributed by atoms with Gasteiger partial charge in [-0.2, -0.15) is 0 Å². The fraction of sp³-hybridized carbons (Fsp3) is 0.286. The van der Waals surface area contributed by atoms with Gasteiger partial charge in [0.15, 0.2) is 0 Å². The first-order valence-corrected chi connectivity index (χ1v) is 6.31. The Kier molecular flexibility index (Phi) is 3.74. The molecule has 2 aromatic rings. The molecule has 19 heavy (non-hydrogen) atoms. The lowest BCUT2D eigenvalue weighted by molar-refractivity contribution is 0.218. The van der Waals surface area contributed by atoms with E-state index in [0.29, 0.717) is 11.8 Å². The molecule has 0 aliphatic carbocycles. The predicted octanol–water partition coefficient (Wildman–Crippen LogP) is 4.07. The van der Waals surface area contributed by atoms with Gasteiger partial charge in [-0.05, 0) is 30.2 Å². The summed E-state index contributed by atoms with van der Waals surface area (Å²) < 4.78 is 45.4. The highest BCUT2D eigenvalue weighted by atomic mass is 19.4. The molecule has 0 saturated heterocycles. The maximum absolute atomic E-state index is 13.3. The number of benzene rings is 2. The minimum atomic E-state index is -5.11. The van der Waals surface area contributed by atoms with Gasteiger partial charge >= 0.3 is 6.98 Å². The van der Waals surface area contributed by atoms with Crippen molar-refractivity contribution in [2.45, 2.75) is 26.4 Å². The van der Waals surface area contributed by atoms with E-state index < -0.39 is 12.4 Å². The first-order chi connectivity index (χ1) is 8.93. The van der Waals surface area contributed by atoms with E-state index >= 15 is 0 Å². The Morgan fingerprint density at radius 3 is 2.42 bits per heavy atom. The minimum Gasteiger partial charge on any atom is -0.494 e. The van der Waals surface area contributed by atoms with Gasteiger partial charge < -0.3 is 17.7 Å². The van der Waals surface area contributed by atoms with Crippen LogP contribution in [0.3, 0.4) is 0 Å². The van der Waals surface area contributed by atoms with Crippen molar-refractivity contribution in [1.29, 1.82) is 0 Å². The first kappa shape index (κ1) is 13.8. The molecular formula is C14H15BF3O-. The molecular weight excluding hydrogens is 252 g/mol. The standard InChI is InChI=1S/C14H15BF3O/c1-3-10(2)19-13-9-8-11-6-4-5-7-12(11)14(13)15(16,17)18/h4-10H,3H2,1-2H3/q-1. The molecule has 0 radical (unpaired) electrons. The van der Waals surface area contributed by atoms with Crippen LogP contribution in [0.25, 0.3) is 10.8 Å². The first-order valence-electron chi connectivity index (χ1n) is 6.31. The third-order valence-electron chi connectivity index (χ3n) is 3.16. The molecule has 0 saturated carbocycles. The lowest BCUT2D eigenvalue weighted by Crippen LogP contribution is -2.37. The molecule has 1 nitrogen and oxygen atoms in total. The summed E-state index contributed by atoms with van der Waals surface area (Å²) >= 11 is 0. The molecule has 5 heteroatoms. The summed E-state index contributed by atoms with van der Waals surface area (Å²) in [7, 11) is 0. The molecule has 0 aromatic heterocycles. The fourth-order valence-electron chi connectivity index (χ4n) is 2.02. The van der Waals surface area contributed by atoms with Crippen LogP contribution in [0.5, 0.6) is 5.75 Å². The molecule has 1 unspecified atom stereocenters. The normalized spacial score (nSPS) is 13.5. The molecule has 0 aliphatic rings. The summed E-state index contributed by atoms with van der Waals surface area (Å²) in [6, 6.07) is 9.58.